The zero-order chi connectivity index (χ0) is 18.9. The van der Waals surface area contributed by atoms with Gasteiger partial charge in [-0.1, -0.05) is 30.3 Å². The molecule has 0 bridgehead atoms. The summed E-state index contributed by atoms with van der Waals surface area (Å²) >= 11 is 0. The minimum Gasteiger partial charge on any atom is -0.355 e. The molecule has 0 saturated heterocycles. The van der Waals surface area contributed by atoms with Crippen LogP contribution in [0.4, 0.5) is 5.69 Å². The topological polar surface area (TPSA) is 87.3 Å². The molecule has 134 valence electrons. The van der Waals surface area contributed by atoms with Gasteiger partial charge in [0.05, 0.1) is 0 Å². The van der Waals surface area contributed by atoms with Gasteiger partial charge in [-0.15, -0.1) is 0 Å². The van der Waals surface area contributed by atoms with Gasteiger partial charge in [0.1, 0.15) is 6.04 Å². The van der Waals surface area contributed by atoms with Gasteiger partial charge in [-0.3, -0.25) is 14.4 Å². The van der Waals surface area contributed by atoms with E-state index in [1.54, 1.807) is 44.3 Å². The molecule has 2 rings (SSSR count). The van der Waals surface area contributed by atoms with Crippen LogP contribution in [0.15, 0.2) is 60.7 Å². The standard InChI is InChI=1S/C20H21N3O3/c1-14(22-18(24)13-8-15-6-4-3-5-7-15)19(25)23-17-11-9-16(10-12-17)20(26)21-2/h3-14H,1-2H3,(H,21,26)(H,22,24)(H,23,25)/b13-8+. The number of hydrogen-bond donors (Lipinski definition) is 3. The number of benzene rings is 2. The highest BCUT2D eigenvalue weighted by molar-refractivity contribution is 6.00. The molecule has 0 radical (unpaired) electrons. The van der Waals surface area contributed by atoms with Crippen LogP contribution in [0.2, 0.25) is 0 Å². The number of anilines is 1. The fraction of sp³-hybridized carbons (Fsp3) is 0.150. The summed E-state index contributed by atoms with van der Waals surface area (Å²) in [5.74, 6) is -0.903. The zero-order valence-electron chi connectivity index (χ0n) is 14.7. The molecular formula is C20H21N3O3. The van der Waals surface area contributed by atoms with E-state index >= 15 is 0 Å². The molecule has 6 heteroatoms. The van der Waals surface area contributed by atoms with E-state index in [4.69, 9.17) is 0 Å². The first kappa shape index (κ1) is 18.9. The van der Waals surface area contributed by atoms with Crippen molar-refractivity contribution in [2.75, 3.05) is 12.4 Å². The van der Waals surface area contributed by atoms with Gasteiger partial charge >= 0.3 is 0 Å². The smallest absolute Gasteiger partial charge is 0.251 e. The Morgan fingerprint density at radius 1 is 0.962 bits per heavy atom. The molecule has 0 aromatic heterocycles. The van der Waals surface area contributed by atoms with Gasteiger partial charge in [0.25, 0.3) is 5.91 Å². The molecule has 26 heavy (non-hydrogen) atoms. The van der Waals surface area contributed by atoms with E-state index in [9.17, 15) is 14.4 Å². The van der Waals surface area contributed by atoms with Crippen molar-refractivity contribution in [3.8, 4) is 0 Å². The lowest BCUT2D eigenvalue weighted by atomic mass is 10.2. The largest absolute Gasteiger partial charge is 0.355 e. The number of rotatable bonds is 6. The first-order chi connectivity index (χ1) is 12.5. The lowest BCUT2D eigenvalue weighted by Crippen LogP contribution is -2.40. The maximum atomic E-state index is 12.2. The van der Waals surface area contributed by atoms with Crippen LogP contribution < -0.4 is 16.0 Å². The first-order valence-electron chi connectivity index (χ1n) is 8.16. The third-order valence-corrected chi connectivity index (χ3v) is 3.62. The number of carbonyl (C=O) groups is 3. The van der Waals surface area contributed by atoms with Crippen molar-refractivity contribution in [1.82, 2.24) is 10.6 Å². The SMILES string of the molecule is CNC(=O)c1ccc(NC(=O)C(C)NC(=O)/C=C/c2ccccc2)cc1. The van der Waals surface area contributed by atoms with E-state index in [-0.39, 0.29) is 17.7 Å². The Bertz CT molecular complexity index is 799. The van der Waals surface area contributed by atoms with Gasteiger partial charge in [-0.05, 0) is 42.8 Å². The van der Waals surface area contributed by atoms with Gasteiger partial charge < -0.3 is 16.0 Å². The number of hydrogen-bond acceptors (Lipinski definition) is 3. The maximum absolute atomic E-state index is 12.2. The van der Waals surface area contributed by atoms with Crippen LogP contribution in [0.5, 0.6) is 0 Å². The van der Waals surface area contributed by atoms with Crippen LogP contribution in [-0.2, 0) is 9.59 Å². The fourth-order valence-electron chi connectivity index (χ4n) is 2.16. The number of carbonyl (C=O) groups excluding carboxylic acids is 3. The van der Waals surface area contributed by atoms with Crippen molar-refractivity contribution in [3.63, 3.8) is 0 Å². The first-order valence-corrected chi connectivity index (χ1v) is 8.16. The second-order valence-electron chi connectivity index (χ2n) is 5.62. The number of nitrogens with one attached hydrogen (secondary N) is 3. The van der Waals surface area contributed by atoms with Gasteiger partial charge in [0.15, 0.2) is 0 Å². The second kappa shape index (κ2) is 9.17. The summed E-state index contributed by atoms with van der Waals surface area (Å²) in [6, 6.07) is 15.2. The molecule has 0 fully saturated rings. The third kappa shape index (κ3) is 5.59. The van der Waals surface area contributed by atoms with Gasteiger partial charge in [0, 0.05) is 24.4 Å². The molecule has 0 aliphatic rings. The molecule has 0 aliphatic heterocycles. The molecule has 0 spiro atoms. The Kier molecular flexibility index (Phi) is 6.68. The predicted molar refractivity (Wildman–Crippen MR) is 102 cm³/mol. The molecule has 0 heterocycles. The number of amides is 3. The van der Waals surface area contributed by atoms with E-state index in [1.807, 2.05) is 30.3 Å². The monoisotopic (exact) mass is 351 g/mol. The molecule has 6 nitrogen and oxygen atoms in total. The van der Waals surface area contributed by atoms with Crippen LogP contribution in [0.25, 0.3) is 6.08 Å². The van der Waals surface area contributed by atoms with Crippen LogP contribution >= 0.6 is 0 Å². The second-order valence-corrected chi connectivity index (χ2v) is 5.62. The Labute approximate surface area is 152 Å². The predicted octanol–water partition coefficient (Wildman–Crippen LogP) is 2.20. The van der Waals surface area contributed by atoms with Crippen LogP contribution in [0, 0.1) is 0 Å². The van der Waals surface area contributed by atoms with E-state index in [1.165, 1.54) is 6.08 Å². The van der Waals surface area contributed by atoms with E-state index < -0.39 is 6.04 Å². The lowest BCUT2D eigenvalue weighted by molar-refractivity contribution is -0.123. The Hall–Kier alpha value is -3.41. The average molecular weight is 351 g/mol. The average Bonchev–Trinajstić information content (AvgIpc) is 2.67. The van der Waals surface area contributed by atoms with Crippen molar-refractivity contribution >= 4 is 29.5 Å². The third-order valence-electron chi connectivity index (χ3n) is 3.62. The summed E-state index contributed by atoms with van der Waals surface area (Å²) in [6.45, 7) is 1.60. The molecule has 0 aliphatic carbocycles. The molecule has 1 unspecified atom stereocenters. The summed E-state index contributed by atoms with van der Waals surface area (Å²) in [5, 5.41) is 7.83. The van der Waals surface area contributed by atoms with E-state index in [0.717, 1.165) is 5.56 Å². The molecule has 3 N–H and O–H groups in total. The minimum absolute atomic E-state index is 0.200. The zero-order valence-corrected chi connectivity index (χ0v) is 14.7. The van der Waals surface area contributed by atoms with Gasteiger partial charge in [-0.2, -0.15) is 0 Å². The highest BCUT2D eigenvalue weighted by Crippen LogP contribution is 2.10. The summed E-state index contributed by atoms with van der Waals surface area (Å²) < 4.78 is 0. The van der Waals surface area contributed by atoms with Crippen LogP contribution in [0.3, 0.4) is 0 Å². The Morgan fingerprint density at radius 2 is 1.62 bits per heavy atom. The fourth-order valence-corrected chi connectivity index (χ4v) is 2.16. The van der Waals surface area contributed by atoms with Crippen LogP contribution in [-0.4, -0.2) is 30.8 Å². The van der Waals surface area contributed by atoms with Crippen molar-refractivity contribution in [3.05, 3.63) is 71.8 Å². The normalized spacial score (nSPS) is 11.6. The summed E-state index contributed by atoms with van der Waals surface area (Å²) in [4.78, 5) is 35.6. The summed E-state index contributed by atoms with van der Waals surface area (Å²) in [7, 11) is 1.55. The molecule has 0 saturated carbocycles. The molecule has 2 aromatic carbocycles. The van der Waals surface area contributed by atoms with Gasteiger partial charge in [0.2, 0.25) is 11.8 Å². The molecule has 2 aromatic rings. The quantitative estimate of drug-likeness (QED) is 0.697. The Morgan fingerprint density at radius 3 is 2.23 bits per heavy atom. The summed E-state index contributed by atoms with van der Waals surface area (Å²) in [6.07, 6.45) is 3.06. The Balaban J connectivity index is 1.87. The van der Waals surface area contributed by atoms with Crippen molar-refractivity contribution < 1.29 is 14.4 Å². The molecule has 3 amide bonds. The van der Waals surface area contributed by atoms with E-state index in [0.29, 0.717) is 11.3 Å². The summed E-state index contributed by atoms with van der Waals surface area (Å²) in [5.41, 5.74) is 1.94. The van der Waals surface area contributed by atoms with Crippen molar-refractivity contribution in [2.45, 2.75) is 13.0 Å². The molecule has 1 atom stereocenters. The molecular weight excluding hydrogens is 330 g/mol. The highest BCUT2D eigenvalue weighted by atomic mass is 16.2. The van der Waals surface area contributed by atoms with Crippen molar-refractivity contribution in [2.24, 2.45) is 0 Å². The lowest BCUT2D eigenvalue weighted by Gasteiger charge is -2.13. The highest BCUT2D eigenvalue weighted by Gasteiger charge is 2.14. The van der Waals surface area contributed by atoms with E-state index in [2.05, 4.69) is 16.0 Å². The maximum Gasteiger partial charge on any atom is 0.251 e. The minimum atomic E-state index is -0.707. The van der Waals surface area contributed by atoms with Gasteiger partial charge in [-0.25, -0.2) is 0 Å². The van der Waals surface area contributed by atoms with Crippen LogP contribution in [0.1, 0.15) is 22.8 Å². The van der Waals surface area contributed by atoms with Crippen molar-refractivity contribution in [1.29, 1.82) is 0 Å².